The summed E-state index contributed by atoms with van der Waals surface area (Å²) in [6.45, 7) is 3.10. The Kier molecular flexibility index (Phi) is 3.67. The molecule has 120 valence electrons. The zero-order chi connectivity index (χ0) is 16.2. The smallest absolute Gasteiger partial charge is 0.156 e. The summed E-state index contributed by atoms with van der Waals surface area (Å²) in [5, 5.41) is 3.59. The fourth-order valence-electron chi connectivity index (χ4n) is 3.80. The average molecular weight is 397 g/mol. The third-order valence-electron chi connectivity index (χ3n) is 5.08. The third kappa shape index (κ3) is 2.08. The van der Waals surface area contributed by atoms with Gasteiger partial charge in [-0.25, -0.2) is 4.39 Å². The topological polar surface area (TPSA) is 21.3 Å². The van der Waals surface area contributed by atoms with Crippen molar-refractivity contribution < 1.29 is 9.13 Å². The molecule has 1 N–H and O–H groups in total. The molecule has 0 bridgehead atoms. The first-order valence-electron chi connectivity index (χ1n) is 7.71. The predicted octanol–water partition coefficient (Wildman–Crippen LogP) is 4.99. The molecule has 2 aliphatic rings. The quantitative estimate of drug-likeness (QED) is 0.722. The van der Waals surface area contributed by atoms with Gasteiger partial charge in [-0.3, -0.25) is 0 Å². The number of nitrogens with one attached hydrogen (secondary N) is 1. The van der Waals surface area contributed by atoms with E-state index in [2.05, 4.69) is 40.3 Å². The Labute approximate surface area is 148 Å². The van der Waals surface area contributed by atoms with Crippen molar-refractivity contribution in [2.45, 2.75) is 30.9 Å². The maximum atomic E-state index is 14.1. The molecule has 0 radical (unpaired) electrons. The van der Waals surface area contributed by atoms with Crippen LogP contribution in [0.25, 0.3) is 0 Å². The van der Waals surface area contributed by atoms with E-state index >= 15 is 0 Å². The SMILES string of the molecule is C[C@H]1c2c(cc(F)c(Cl)c2Br)O[C@@]1(c1ccccc1)C1CCN1. The van der Waals surface area contributed by atoms with Gasteiger partial charge in [-0.15, -0.1) is 0 Å². The molecular weight excluding hydrogens is 381 g/mol. The molecule has 5 heteroatoms. The van der Waals surface area contributed by atoms with Gasteiger partial charge in [-0.2, -0.15) is 0 Å². The van der Waals surface area contributed by atoms with E-state index in [9.17, 15) is 4.39 Å². The van der Waals surface area contributed by atoms with Crippen LogP contribution in [0.15, 0.2) is 40.9 Å². The van der Waals surface area contributed by atoms with Crippen molar-refractivity contribution in [2.75, 3.05) is 6.54 Å². The van der Waals surface area contributed by atoms with Crippen LogP contribution in [0, 0.1) is 5.82 Å². The molecule has 2 aromatic carbocycles. The Morgan fingerprint density at radius 2 is 2.04 bits per heavy atom. The number of rotatable bonds is 2. The second kappa shape index (κ2) is 5.47. The lowest BCUT2D eigenvalue weighted by atomic mass is 9.72. The van der Waals surface area contributed by atoms with Gasteiger partial charge in [0.25, 0.3) is 0 Å². The van der Waals surface area contributed by atoms with Crippen molar-refractivity contribution in [3.05, 3.63) is 62.8 Å². The predicted molar refractivity (Wildman–Crippen MR) is 92.7 cm³/mol. The van der Waals surface area contributed by atoms with E-state index in [0.717, 1.165) is 24.1 Å². The minimum absolute atomic E-state index is 0.0465. The van der Waals surface area contributed by atoms with Crippen LogP contribution in [0.1, 0.15) is 30.4 Å². The van der Waals surface area contributed by atoms with Crippen molar-refractivity contribution in [3.8, 4) is 5.75 Å². The lowest BCUT2D eigenvalue weighted by molar-refractivity contribution is 0.000792. The summed E-state index contributed by atoms with van der Waals surface area (Å²) in [6.07, 6.45) is 1.03. The zero-order valence-electron chi connectivity index (χ0n) is 12.6. The number of hydrogen-bond acceptors (Lipinski definition) is 2. The first kappa shape index (κ1) is 15.4. The molecule has 4 rings (SSSR count). The molecule has 0 aromatic heterocycles. The monoisotopic (exact) mass is 395 g/mol. The second-order valence-corrected chi connectivity index (χ2v) is 7.35. The molecular formula is C18H16BrClFNO. The van der Waals surface area contributed by atoms with Crippen molar-refractivity contribution in [3.63, 3.8) is 0 Å². The third-order valence-corrected chi connectivity index (χ3v) is 6.51. The number of benzene rings is 2. The van der Waals surface area contributed by atoms with E-state index < -0.39 is 11.4 Å². The van der Waals surface area contributed by atoms with E-state index in [-0.39, 0.29) is 17.0 Å². The molecule has 2 heterocycles. The van der Waals surface area contributed by atoms with Crippen LogP contribution >= 0.6 is 27.5 Å². The van der Waals surface area contributed by atoms with Crippen molar-refractivity contribution >= 4 is 27.5 Å². The molecule has 0 aliphatic carbocycles. The van der Waals surface area contributed by atoms with E-state index in [1.165, 1.54) is 6.07 Å². The highest BCUT2D eigenvalue weighted by Gasteiger charge is 2.55. The largest absolute Gasteiger partial charge is 0.480 e. The molecule has 23 heavy (non-hydrogen) atoms. The van der Waals surface area contributed by atoms with Gasteiger partial charge in [0.2, 0.25) is 0 Å². The van der Waals surface area contributed by atoms with Crippen LogP contribution in [0.3, 0.4) is 0 Å². The second-order valence-electron chi connectivity index (χ2n) is 6.18. The fraction of sp³-hybridized carbons (Fsp3) is 0.333. The molecule has 0 spiro atoms. The lowest BCUT2D eigenvalue weighted by Crippen LogP contribution is -2.60. The first-order chi connectivity index (χ1) is 11.1. The Morgan fingerprint density at radius 3 is 2.65 bits per heavy atom. The normalized spacial score (nSPS) is 28.9. The summed E-state index contributed by atoms with van der Waals surface area (Å²) in [4.78, 5) is 0. The van der Waals surface area contributed by atoms with Gasteiger partial charge in [0, 0.05) is 22.0 Å². The standard InChI is InChI=1S/C18H16BrClFNO/c1-10-15-13(9-12(21)17(20)16(15)19)23-18(10,14-7-8-22-14)11-5-3-2-4-6-11/h2-6,9-10,14,22H,7-8H2,1H3/t10-,14?,18-/m0/s1. The zero-order valence-corrected chi connectivity index (χ0v) is 14.9. The molecule has 0 saturated carbocycles. The Morgan fingerprint density at radius 1 is 1.35 bits per heavy atom. The number of halogens is 3. The van der Waals surface area contributed by atoms with E-state index in [4.69, 9.17) is 16.3 Å². The van der Waals surface area contributed by atoms with Crippen molar-refractivity contribution in [1.82, 2.24) is 5.32 Å². The molecule has 2 nitrogen and oxygen atoms in total. The van der Waals surface area contributed by atoms with Gasteiger partial charge in [-0.05, 0) is 34.5 Å². The van der Waals surface area contributed by atoms with Crippen LogP contribution in [-0.4, -0.2) is 12.6 Å². The van der Waals surface area contributed by atoms with Crippen LogP contribution in [0.2, 0.25) is 5.02 Å². The minimum atomic E-state index is -0.540. The van der Waals surface area contributed by atoms with E-state index in [1.54, 1.807) is 0 Å². The Hall–Kier alpha value is -1.10. The van der Waals surface area contributed by atoms with Crippen LogP contribution < -0.4 is 10.1 Å². The van der Waals surface area contributed by atoms with Gasteiger partial charge in [0.1, 0.15) is 11.6 Å². The molecule has 3 atom stereocenters. The van der Waals surface area contributed by atoms with Gasteiger partial charge < -0.3 is 10.1 Å². The van der Waals surface area contributed by atoms with Crippen molar-refractivity contribution in [2.24, 2.45) is 0 Å². The summed E-state index contributed by atoms with van der Waals surface area (Å²) in [5.74, 6) is 0.156. The first-order valence-corrected chi connectivity index (χ1v) is 8.88. The molecule has 1 saturated heterocycles. The molecule has 2 aliphatic heterocycles. The van der Waals surface area contributed by atoms with Gasteiger partial charge >= 0.3 is 0 Å². The molecule has 0 amide bonds. The summed E-state index contributed by atoms with van der Waals surface area (Å²) in [7, 11) is 0. The maximum absolute atomic E-state index is 14.1. The van der Waals surface area contributed by atoms with Crippen LogP contribution in [-0.2, 0) is 5.60 Å². The highest BCUT2D eigenvalue weighted by molar-refractivity contribution is 9.10. The van der Waals surface area contributed by atoms with E-state index in [0.29, 0.717) is 10.2 Å². The van der Waals surface area contributed by atoms with Crippen LogP contribution in [0.4, 0.5) is 4.39 Å². The van der Waals surface area contributed by atoms with Gasteiger partial charge in [-0.1, -0.05) is 48.9 Å². The molecule has 2 aromatic rings. The highest BCUT2D eigenvalue weighted by atomic mass is 79.9. The number of fused-ring (bicyclic) bond motifs is 1. The van der Waals surface area contributed by atoms with E-state index in [1.807, 2.05) is 18.2 Å². The number of hydrogen-bond donors (Lipinski definition) is 1. The summed E-state index contributed by atoms with van der Waals surface area (Å²) < 4.78 is 21.1. The van der Waals surface area contributed by atoms with Crippen LogP contribution in [0.5, 0.6) is 5.75 Å². The van der Waals surface area contributed by atoms with Gasteiger partial charge in [0.05, 0.1) is 11.1 Å². The minimum Gasteiger partial charge on any atom is -0.480 e. The van der Waals surface area contributed by atoms with Crippen molar-refractivity contribution in [1.29, 1.82) is 0 Å². The summed E-state index contributed by atoms with van der Waals surface area (Å²) in [5.41, 5.74) is 1.50. The number of ether oxygens (including phenoxy) is 1. The average Bonchev–Trinajstić information content (AvgIpc) is 2.78. The molecule has 1 unspecified atom stereocenters. The Balaban J connectivity index is 1.91. The lowest BCUT2D eigenvalue weighted by Gasteiger charge is -2.45. The molecule has 1 fully saturated rings. The van der Waals surface area contributed by atoms with Gasteiger partial charge in [0.15, 0.2) is 5.60 Å². The Bertz CT molecular complexity index is 765. The maximum Gasteiger partial charge on any atom is 0.156 e. The summed E-state index contributed by atoms with van der Waals surface area (Å²) >= 11 is 9.56. The summed E-state index contributed by atoms with van der Waals surface area (Å²) in [6, 6.07) is 11.8. The fourth-order valence-corrected chi connectivity index (χ4v) is 4.68. The highest BCUT2D eigenvalue weighted by Crippen LogP contribution is 2.56.